The van der Waals surface area contributed by atoms with Gasteiger partial charge in [0.25, 0.3) is 0 Å². The topological polar surface area (TPSA) is 14.1 Å². The average Bonchev–Trinajstić information content (AvgIpc) is 2.59. The molecule has 1 heteroatoms. The molecule has 3 aromatic carbocycles. The Balaban J connectivity index is 2.11. The zero-order valence-corrected chi connectivity index (χ0v) is 14.7. The van der Waals surface area contributed by atoms with Crippen LogP contribution in [0, 0.1) is 27.7 Å². The molecule has 1 nitrogen and oxygen atoms in total. The summed E-state index contributed by atoms with van der Waals surface area (Å²) in [5.41, 5.74) is 7.84. The van der Waals surface area contributed by atoms with Crippen molar-refractivity contribution in [3.8, 4) is 11.3 Å². The number of hydrogen-bond acceptors (Lipinski definition) is 0. The van der Waals surface area contributed by atoms with Crippen LogP contribution in [0.15, 0.2) is 54.7 Å². The smallest absolute Gasteiger partial charge is 0.211 e. The zero-order chi connectivity index (χ0) is 16.8. The Bertz CT molecular complexity index is 1090. The first-order valence-corrected chi connectivity index (χ1v) is 8.47. The van der Waals surface area contributed by atoms with Crippen molar-refractivity contribution in [1.82, 2.24) is 0 Å². The molecule has 0 bridgehead atoms. The quantitative estimate of drug-likeness (QED) is 0.400. The third-order valence-electron chi connectivity index (χ3n) is 5.26. The van der Waals surface area contributed by atoms with Crippen molar-refractivity contribution in [3.63, 3.8) is 0 Å². The molecule has 0 aliphatic rings. The molecule has 0 atom stereocenters. The molecule has 0 radical (unpaired) electrons. The SMILES string of the molecule is Cc1cccc(-c2[nH+]ccc3c2ccc2c(C)c(C)c(C)cc23)c1. The van der Waals surface area contributed by atoms with Crippen molar-refractivity contribution in [1.29, 1.82) is 0 Å². The summed E-state index contributed by atoms with van der Waals surface area (Å²) >= 11 is 0. The number of fused-ring (bicyclic) bond motifs is 3. The molecule has 0 spiro atoms. The molecule has 0 amide bonds. The van der Waals surface area contributed by atoms with Gasteiger partial charge in [-0.05, 0) is 73.4 Å². The Labute approximate surface area is 143 Å². The van der Waals surface area contributed by atoms with Crippen molar-refractivity contribution < 1.29 is 4.98 Å². The summed E-state index contributed by atoms with van der Waals surface area (Å²) in [5, 5.41) is 5.29. The Morgan fingerprint density at radius 3 is 2.25 bits per heavy atom. The largest absolute Gasteiger partial charge is 0.218 e. The number of pyridine rings is 1. The highest BCUT2D eigenvalue weighted by Gasteiger charge is 2.14. The van der Waals surface area contributed by atoms with Gasteiger partial charge in [0, 0.05) is 17.0 Å². The molecule has 1 heterocycles. The minimum atomic E-state index is 1.19. The van der Waals surface area contributed by atoms with E-state index in [-0.39, 0.29) is 0 Å². The van der Waals surface area contributed by atoms with Gasteiger partial charge in [0.15, 0.2) is 6.20 Å². The molecular weight excluding hydrogens is 290 g/mol. The van der Waals surface area contributed by atoms with Gasteiger partial charge in [-0.1, -0.05) is 29.8 Å². The first-order valence-electron chi connectivity index (χ1n) is 8.47. The van der Waals surface area contributed by atoms with Crippen LogP contribution < -0.4 is 4.98 Å². The molecule has 0 aliphatic heterocycles. The van der Waals surface area contributed by atoms with Gasteiger partial charge in [-0.3, -0.25) is 0 Å². The monoisotopic (exact) mass is 312 g/mol. The van der Waals surface area contributed by atoms with Gasteiger partial charge in [0.1, 0.15) is 0 Å². The molecule has 0 saturated heterocycles. The van der Waals surface area contributed by atoms with Crippen LogP contribution in [0.4, 0.5) is 0 Å². The van der Waals surface area contributed by atoms with Crippen molar-refractivity contribution in [2.24, 2.45) is 0 Å². The van der Waals surface area contributed by atoms with Crippen LogP contribution >= 0.6 is 0 Å². The van der Waals surface area contributed by atoms with Crippen LogP contribution in [0.2, 0.25) is 0 Å². The standard InChI is InChI=1S/C23H21N/c1-14-6-5-7-18(12-14)23-21-9-8-19-17(4)16(3)15(2)13-22(19)20(21)10-11-24-23/h5-13H,1-4H3/p+1. The molecule has 1 N–H and O–H groups in total. The summed E-state index contributed by atoms with van der Waals surface area (Å²) in [6.45, 7) is 8.79. The second kappa shape index (κ2) is 5.45. The van der Waals surface area contributed by atoms with Crippen LogP contribution in [0.5, 0.6) is 0 Å². The number of hydrogen-bond donors (Lipinski definition) is 0. The van der Waals surface area contributed by atoms with Gasteiger partial charge in [-0.2, -0.15) is 0 Å². The number of nitrogens with one attached hydrogen (secondary N) is 1. The Morgan fingerprint density at radius 1 is 0.667 bits per heavy atom. The summed E-state index contributed by atoms with van der Waals surface area (Å²) in [5.74, 6) is 0. The van der Waals surface area contributed by atoms with E-state index in [1.165, 1.54) is 55.1 Å². The van der Waals surface area contributed by atoms with E-state index in [0.717, 1.165) is 0 Å². The number of rotatable bonds is 1. The third-order valence-corrected chi connectivity index (χ3v) is 5.26. The lowest BCUT2D eigenvalue weighted by molar-refractivity contribution is -0.362. The van der Waals surface area contributed by atoms with E-state index in [2.05, 4.69) is 87.4 Å². The van der Waals surface area contributed by atoms with Gasteiger partial charge >= 0.3 is 0 Å². The maximum atomic E-state index is 3.46. The van der Waals surface area contributed by atoms with Gasteiger partial charge < -0.3 is 0 Å². The molecule has 24 heavy (non-hydrogen) atoms. The van der Waals surface area contributed by atoms with E-state index in [1.54, 1.807) is 0 Å². The minimum absolute atomic E-state index is 1.19. The summed E-state index contributed by atoms with van der Waals surface area (Å²) in [6.07, 6.45) is 2.06. The molecule has 0 unspecified atom stereocenters. The summed E-state index contributed by atoms with van der Waals surface area (Å²) in [4.78, 5) is 3.46. The second-order valence-electron chi connectivity index (χ2n) is 6.79. The van der Waals surface area contributed by atoms with Gasteiger partial charge in [0.05, 0.1) is 5.39 Å². The highest BCUT2D eigenvalue weighted by Crippen LogP contribution is 2.33. The summed E-state index contributed by atoms with van der Waals surface area (Å²) in [7, 11) is 0. The second-order valence-corrected chi connectivity index (χ2v) is 6.79. The lowest BCUT2D eigenvalue weighted by Gasteiger charge is -2.12. The van der Waals surface area contributed by atoms with Gasteiger partial charge in [-0.15, -0.1) is 0 Å². The number of aromatic nitrogens is 1. The van der Waals surface area contributed by atoms with Crippen molar-refractivity contribution in [2.45, 2.75) is 27.7 Å². The third kappa shape index (κ3) is 2.20. The van der Waals surface area contributed by atoms with E-state index in [0.29, 0.717) is 0 Å². The van der Waals surface area contributed by atoms with Gasteiger partial charge in [-0.25, -0.2) is 4.98 Å². The fourth-order valence-corrected chi connectivity index (χ4v) is 3.66. The first-order chi connectivity index (χ1) is 11.6. The van der Waals surface area contributed by atoms with Crippen molar-refractivity contribution in [3.05, 3.63) is 77.0 Å². The van der Waals surface area contributed by atoms with Crippen LogP contribution in [0.25, 0.3) is 32.8 Å². The Morgan fingerprint density at radius 2 is 1.46 bits per heavy atom. The van der Waals surface area contributed by atoms with Crippen LogP contribution in [0.1, 0.15) is 22.3 Å². The van der Waals surface area contributed by atoms with E-state index in [9.17, 15) is 0 Å². The molecule has 0 fully saturated rings. The molecule has 4 rings (SSSR count). The summed E-state index contributed by atoms with van der Waals surface area (Å²) < 4.78 is 0. The Hall–Kier alpha value is -2.67. The molecular formula is C23H22N+. The lowest BCUT2D eigenvalue weighted by atomic mass is 9.92. The molecule has 0 aliphatic carbocycles. The number of aromatic amines is 1. The highest BCUT2D eigenvalue weighted by molar-refractivity contribution is 6.11. The predicted molar refractivity (Wildman–Crippen MR) is 102 cm³/mol. The predicted octanol–water partition coefficient (Wildman–Crippen LogP) is 5.71. The van der Waals surface area contributed by atoms with Crippen LogP contribution in [0.3, 0.4) is 0 Å². The minimum Gasteiger partial charge on any atom is -0.211 e. The normalized spacial score (nSPS) is 11.3. The molecule has 1 aromatic heterocycles. The lowest BCUT2D eigenvalue weighted by Crippen LogP contribution is -2.06. The maximum Gasteiger partial charge on any atom is 0.218 e. The van der Waals surface area contributed by atoms with E-state index in [4.69, 9.17) is 0 Å². The van der Waals surface area contributed by atoms with E-state index >= 15 is 0 Å². The van der Waals surface area contributed by atoms with E-state index < -0.39 is 0 Å². The average molecular weight is 312 g/mol. The number of aryl methyl sites for hydroxylation is 3. The van der Waals surface area contributed by atoms with Crippen molar-refractivity contribution in [2.75, 3.05) is 0 Å². The number of H-pyrrole nitrogens is 1. The Kier molecular flexibility index (Phi) is 3.38. The molecule has 0 saturated carbocycles. The zero-order valence-electron chi connectivity index (χ0n) is 14.7. The highest BCUT2D eigenvalue weighted by atomic mass is 14.7. The van der Waals surface area contributed by atoms with Crippen LogP contribution in [-0.2, 0) is 0 Å². The number of benzene rings is 3. The molecule has 4 aromatic rings. The van der Waals surface area contributed by atoms with Gasteiger partial charge in [0.2, 0.25) is 5.69 Å². The fraction of sp³-hybridized carbons (Fsp3) is 0.174. The van der Waals surface area contributed by atoms with E-state index in [1.807, 2.05) is 0 Å². The van der Waals surface area contributed by atoms with Crippen molar-refractivity contribution >= 4 is 21.5 Å². The maximum absolute atomic E-state index is 3.46. The summed E-state index contributed by atoms with van der Waals surface area (Å²) in [6, 6.07) is 17.7. The van der Waals surface area contributed by atoms with Crippen LogP contribution in [-0.4, -0.2) is 0 Å². The fourth-order valence-electron chi connectivity index (χ4n) is 3.66. The first kappa shape index (κ1) is 14.9. The molecule has 118 valence electrons.